The molecule has 10 heteroatoms. The van der Waals surface area contributed by atoms with Crippen molar-refractivity contribution >= 4 is 35.0 Å². The normalized spacial score (nSPS) is 10.8. The SMILES string of the molecule is CC(=O)Nc1cccc(-n2cnnc2SCc2nc(-c3cccc(Cl)c3)no2)c1. The monoisotopic (exact) mass is 426 g/mol. The van der Waals surface area contributed by atoms with Crippen molar-refractivity contribution < 1.29 is 9.32 Å². The topological polar surface area (TPSA) is 98.7 Å². The summed E-state index contributed by atoms with van der Waals surface area (Å²) in [6.45, 7) is 1.47. The van der Waals surface area contributed by atoms with Crippen LogP contribution in [0, 0.1) is 0 Å². The van der Waals surface area contributed by atoms with E-state index in [0.29, 0.717) is 33.3 Å². The predicted molar refractivity (Wildman–Crippen MR) is 110 cm³/mol. The van der Waals surface area contributed by atoms with Crippen LogP contribution in [0.3, 0.4) is 0 Å². The molecular formula is C19H15ClN6O2S. The number of anilines is 1. The van der Waals surface area contributed by atoms with Gasteiger partial charge < -0.3 is 9.84 Å². The van der Waals surface area contributed by atoms with Crippen LogP contribution in [0.4, 0.5) is 5.69 Å². The third kappa shape index (κ3) is 4.64. The lowest BCUT2D eigenvalue weighted by atomic mass is 10.2. The molecule has 146 valence electrons. The van der Waals surface area contributed by atoms with Gasteiger partial charge in [0.15, 0.2) is 5.16 Å². The number of hydrogen-bond acceptors (Lipinski definition) is 7. The molecule has 29 heavy (non-hydrogen) atoms. The first-order valence-corrected chi connectivity index (χ1v) is 9.94. The smallest absolute Gasteiger partial charge is 0.237 e. The third-order valence-electron chi connectivity index (χ3n) is 3.84. The Kier molecular flexibility index (Phi) is 5.59. The largest absolute Gasteiger partial charge is 0.338 e. The van der Waals surface area contributed by atoms with Crippen molar-refractivity contribution in [3.63, 3.8) is 0 Å². The number of amides is 1. The van der Waals surface area contributed by atoms with Gasteiger partial charge in [-0.3, -0.25) is 9.36 Å². The quantitative estimate of drug-likeness (QED) is 0.461. The minimum absolute atomic E-state index is 0.132. The van der Waals surface area contributed by atoms with E-state index < -0.39 is 0 Å². The second-order valence-corrected chi connectivity index (χ2v) is 7.40. The number of nitrogens with zero attached hydrogens (tertiary/aromatic N) is 5. The highest BCUT2D eigenvalue weighted by molar-refractivity contribution is 7.98. The number of aromatic nitrogens is 5. The summed E-state index contributed by atoms with van der Waals surface area (Å²) in [5, 5.41) is 16.2. The maximum absolute atomic E-state index is 11.3. The molecule has 0 spiro atoms. The first-order chi connectivity index (χ1) is 14.1. The number of thioether (sulfide) groups is 1. The molecule has 0 fully saturated rings. The molecule has 0 saturated carbocycles. The van der Waals surface area contributed by atoms with Crippen LogP contribution in [-0.2, 0) is 10.5 Å². The van der Waals surface area contributed by atoms with Crippen molar-refractivity contribution in [3.8, 4) is 17.1 Å². The first-order valence-electron chi connectivity index (χ1n) is 8.58. The molecule has 4 rings (SSSR count). The average Bonchev–Trinajstić information content (AvgIpc) is 3.35. The lowest BCUT2D eigenvalue weighted by molar-refractivity contribution is -0.114. The van der Waals surface area contributed by atoms with Crippen LogP contribution in [-0.4, -0.2) is 30.8 Å². The summed E-state index contributed by atoms with van der Waals surface area (Å²) in [5.74, 6) is 1.24. The van der Waals surface area contributed by atoms with Crippen LogP contribution in [0.2, 0.25) is 5.02 Å². The van der Waals surface area contributed by atoms with E-state index in [2.05, 4.69) is 25.7 Å². The number of benzene rings is 2. The third-order valence-corrected chi connectivity index (χ3v) is 5.00. The molecule has 2 aromatic carbocycles. The summed E-state index contributed by atoms with van der Waals surface area (Å²) in [6.07, 6.45) is 1.61. The number of hydrogen-bond donors (Lipinski definition) is 1. The highest BCUT2D eigenvalue weighted by atomic mass is 35.5. The minimum atomic E-state index is -0.132. The van der Waals surface area contributed by atoms with Gasteiger partial charge in [0.25, 0.3) is 0 Å². The Balaban J connectivity index is 1.49. The molecule has 0 bridgehead atoms. The first kappa shape index (κ1) is 19.2. The number of nitrogens with one attached hydrogen (secondary N) is 1. The summed E-state index contributed by atoms with van der Waals surface area (Å²) >= 11 is 7.43. The van der Waals surface area contributed by atoms with Crippen molar-refractivity contribution in [3.05, 3.63) is 65.8 Å². The van der Waals surface area contributed by atoms with E-state index in [4.69, 9.17) is 16.1 Å². The Labute approximate surface area is 175 Å². The van der Waals surface area contributed by atoms with E-state index in [9.17, 15) is 4.79 Å². The second kappa shape index (κ2) is 8.46. The Morgan fingerprint density at radius 3 is 2.93 bits per heavy atom. The van der Waals surface area contributed by atoms with Crippen LogP contribution < -0.4 is 5.32 Å². The Morgan fingerprint density at radius 1 is 1.24 bits per heavy atom. The molecule has 1 amide bonds. The molecule has 0 unspecified atom stereocenters. The fourth-order valence-electron chi connectivity index (χ4n) is 2.62. The standard InChI is InChI=1S/C19H15ClN6O2S/c1-12(27)22-15-6-3-7-16(9-15)26-11-21-24-19(26)29-10-17-23-18(25-28-17)13-4-2-5-14(20)8-13/h2-9,11H,10H2,1H3,(H,22,27). The van der Waals surface area contributed by atoms with Crippen molar-refractivity contribution in [2.75, 3.05) is 5.32 Å². The number of carbonyl (C=O) groups excluding carboxylic acids is 1. The summed E-state index contributed by atoms with van der Waals surface area (Å²) in [5.41, 5.74) is 2.31. The molecule has 4 aromatic rings. The zero-order valence-electron chi connectivity index (χ0n) is 15.2. The summed E-state index contributed by atoms with van der Waals surface area (Å²) in [4.78, 5) is 15.7. The molecular weight excluding hydrogens is 412 g/mol. The van der Waals surface area contributed by atoms with Crippen LogP contribution in [0.5, 0.6) is 0 Å². The second-order valence-electron chi connectivity index (χ2n) is 6.03. The van der Waals surface area contributed by atoms with Gasteiger partial charge in [-0.15, -0.1) is 10.2 Å². The highest BCUT2D eigenvalue weighted by Gasteiger charge is 2.13. The van der Waals surface area contributed by atoms with Gasteiger partial charge in [-0.05, 0) is 30.3 Å². The molecule has 8 nitrogen and oxygen atoms in total. The zero-order valence-corrected chi connectivity index (χ0v) is 16.8. The van der Waals surface area contributed by atoms with Crippen LogP contribution >= 0.6 is 23.4 Å². The Bertz CT molecular complexity index is 1160. The molecule has 0 atom stereocenters. The van der Waals surface area contributed by atoms with E-state index in [1.165, 1.54) is 18.7 Å². The molecule has 2 aromatic heterocycles. The molecule has 1 N–H and O–H groups in total. The van der Waals surface area contributed by atoms with E-state index in [1.54, 1.807) is 18.5 Å². The van der Waals surface area contributed by atoms with Crippen LogP contribution in [0.25, 0.3) is 17.1 Å². The van der Waals surface area contributed by atoms with E-state index in [-0.39, 0.29) is 5.91 Å². The van der Waals surface area contributed by atoms with Gasteiger partial charge in [-0.2, -0.15) is 4.98 Å². The lowest BCUT2D eigenvalue weighted by Crippen LogP contribution is -2.06. The van der Waals surface area contributed by atoms with Gasteiger partial charge in [0.05, 0.1) is 11.4 Å². The molecule has 0 radical (unpaired) electrons. The van der Waals surface area contributed by atoms with E-state index in [1.807, 2.05) is 41.0 Å². The van der Waals surface area contributed by atoms with Gasteiger partial charge in [0.1, 0.15) is 6.33 Å². The van der Waals surface area contributed by atoms with Gasteiger partial charge in [-0.1, -0.05) is 46.7 Å². The van der Waals surface area contributed by atoms with Crippen LogP contribution in [0.1, 0.15) is 12.8 Å². The Hall–Kier alpha value is -3.17. The number of rotatable bonds is 6. The summed E-state index contributed by atoms with van der Waals surface area (Å²) in [7, 11) is 0. The molecule has 0 aliphatic rings. The minimum Gasteiger partial charge on any atom is -0.338 e. The van der Waals surface area contributed by atoms with Crippen molar-refractivity contribution in [1.82, 2.24) is 24.9 Å². The maximum atomic E-state index is 11.3. The van der Waals surface area contributed by atoms with Gasteiger partial charge in [0.2, 0.25) is 17.6 Å². The number of carbonyl (C=O) groups is 1. The zero-order chi connectivity index (χ0) is 20.2. The predicted octanol–water partition coefficient (Wildman–Crippen LogP) is 4.22. The molecule has 0 aliphatic carbocycles. The van der Waals surface area contributed by atoms with Crippen molar-refractivity contribution in [2.24, 2.45) is 0 Å². The molecule has 2 heterocycles. The van der Waals surface area contributed by atoms with Gasteiger partial charge in [-0.25, -0.2) is 0 Å². The number of halogens is 1. The van der Waals surface area contributed by atoms with Gasteiger partial charge in [0, 0.05) is 23.2 Å². The fourth-order valence-corrected chi connectivity index (χ4v) is 3.58. The van der Waals surface area contributed by atoms with Crippen molar-refractivity contribution in [2.45, 2.75) is 17.8 Å². The average molecular weight is 427 g/mol. The Morgan fingerprint density at radius 2 is 2.10 bits per heavy atom. The molecule has 0 saturated heterocycles. The van der Waals surface area contributed by atoms with Gasteiger partial charge >= 0.3 is 0 Å². The molecule has 0 aliphatic heterocycles. The highest BCUT2D eigenvalue weighted by Crippen LogP contribution is 2.26. The van der Waals surface area contributed by atoms with E-state index in [0.717, 1.165) is 11.3 Å². The fraction of sp³-hybridized carbons (Fsp3) is 0.105. The maximum Gasteiger partial charge on any atom is 0.237 e. The lowest BCUT2D eigenvalue weighted by Gasteiger charge is -2.08. The van der Waals surface area contributed by atoms with Crippen LogP contribution in [0.15, 0.2) is 64.5 Å². The summed E-state index contributed by atoms with van der Waals surface area (Å²) < 4.78 is 7.16. The van der Waals surface area contributed by atoms with Crippen molar-refractivity contribution in [1.29, 1.82) is 0 Å². The van der Waals surface area contributed by atoms with E-state index >= 15 is 0 Å². The summed E-state index contributed by atoms with van der Waals surface area (Å²) in [6, 6.07) is 14.7.